The number of esters is 1. The normalized spacial score (nSPS) is 11.1. The number of rotatable bonds is 31. The number of nitro groups is 1. The van der Waals surface area contributed by atoms with Crippen molar-refractivity contribution in [3.63, 3.8) is 0 Å². The molecule has 0 saturated heterocycles. The van der Waals surface area contributed by atoms with E-state index in [0.29, 0.717) is 111 Å². The number of hydrogen-bond acceptors (Lipinski definition) is 12. The number of unbranched alkanes of at least 4 members (excludes halogenated alkanes) is 3. The molecule has 0 aliphatic rings. The molecule has 0 aromatic heterocycles. The lowest BCUT2D eigenvalue weighted by atomic mass is 10.2. The number of hydrogen-bond donors (Lipinski definition) is 0. The molecule has 0 N–H and O–H groups in total. The zero-order valence-electron chi connectivity index (χ0n) is 25.0. The van der Waals surface area contributed by atoms with E-state index in [1.807, 2.05) is 0 Å². The molecule has 0 aliphatic heterocycles. The minimum absolute atomic E-state index is 0.0246. The van der Waals surface area contributed by atoms with Crippen LogP contribution in [0.4, 0.5) is 5.69 Å². The Morgan fingerprint density at radius 3 is 1.40 bits per heavy atom. The van der Waals surface area contributed by atoms with Gasteiger partial charge in [0, 0.05) is 18.6 Å². The molecule has 13 heteroatoms. The first-order valence-corrected chi connectivity index (χ1v) is 14.7. The molecule has 0 bridgehead atoms. The van der Waals surface area contributed by atoms with E-state index in [9.17, 15) is 14.9 Å². The first-order chi connectivity index (χ1) is 20.6. The van der Waals surface area contributed by atoms with Crippen molar-refractivity contribution < 1.29 is 52.3 Å². The Kier molecular flexibility index (Phi) is 25.7. The first-order valence-electron chi connectivity index (χ1n) is 14.7. The van der Waals surface area contributed by atoms with Crippen LogP contribution in [0.1, 0.15) is 39.0 Å². The molecule has 242 valence electrons. The maximum absolute atomic E-state index is 11.5. The fraction of sp³-hybridized carbons (Fsp3) is 0.759. The molecule has 1 rings (SSSR count). The number of carbonyl (C=O) groups excluding carboxylic acids is 1. The van der Waals surface area contributed by atoms with Gasteiger partial charge in [0.1, 0.15) is 19.0 Å². The molecule has 0 aliphatic carbocycles. The van der Waals surface area contributed by atoms with Gasteiger partial charge in [0.25, 0.3) is 5.69 Å². The van der Waals surface area contributed by atoms with Crippen LogP contribution in [0.25, 0.3) is 0 Å². The zero-order chi connectivity index (χ0) is 30.4. The van der Waals surface area contributed by atoms with Crippen molar-refractivity contribution >= 4 is 11.7 Å². The molecule has 0 heterocycles. The summed E-state index contributed by atoms with van der Waals surface area (Å²) >= 11 is 0. The third-order valence-corrected chi connectivity index (χ3v) is 5.50. The van der Waals surface area contributed by atoms with Crippen molar-refractivity contribution in [1.82, 2.24) is 0 Å². The Hall–Kier alpha value is -2.39. The summed E-state index contributed by atoms with van der Waals surface area (Å²) in [5, 5.41) is 10.6. The van der Waals surface area contributed by atoms with Crippen LogP contribution >= 0.6 is 0 Å². The second kappa shape index (κ2) is 28.7. The summed E-state index contributed by atoms with van der Waals surface area (Å²) in [5.41, 5.74) is 0.0246. The van der Waals surface area contributed by atoms with Crippen LogP contribution < -0.4 is 4.74 Å². The molecular weight excluding hydrogens is 554 g/mol. The fourth-order valence-electron chi connectivity index (χ4n) is 3.29. The molecular formula is C29H49NO12. The van der Waals surface area contributed by atoms with Crippen LogP contribution in [-0.2, 0) is 42.7 Å². The Labute approximate surface area is 249 Å². The topological polar surface area (TPSA) is 143 Å². The van der Waals surface area contributed by atoms with Crippen molar-refractivity contribution in [2.45, 2.75) is 39.0 Å². The highest BCUT2D eigenvalue weighted by Crippen LogP contribution is 2.17. The monoisotopic (exact) mass is 603 g/mol. The lowest BCUT2D eigenvalue weighted by Gasteiger charge is -2.09. The highest BCUT2D eigenvalue weighted by molar-refractivity contribution is 5.69. The molecule has 0 unspecified atom stereocenters. The Morgan fingerprint density at radius 2 is 1.00 bits per heavy atom. The summed E-state index contributed by atoms with van der Waals surface area (Å²) in [7, 11) is 0. The molecule has 1 aromatic rings. The molecule has 0 atom stereocenters. The van der Waals surface area contributed by atoms with Gasteiger partial charge in [0.05, 0.1) is 97.4 Å². The van der Waals surface area contributed by atoms with Gasteiger partial charge >= 0.3 is 5.97 Å². The molecule has 0 amide bonds. The van der Waals surface area contributed by atoms with Gasteiger partial charge in [-0.25, -0.2) is 0 Å². The van der Waals surface area contributed by atoms with Crippen LogP contribution in [0.3, 0.4) is 0 Å². The van der Waals surface area contributed by atoms with E-state index in [2.05, 4.69) is 6.92 Å². The Bertz CT molecular complexity index is 765. The number of carbonyl (C=O) groups is 1. The summed E-state index contributed by atoms with van der Waals surface area (Å²) in [4.78, 5) is 21.7. The number of nitrogens with zero attached hydrogens (tertiary/aromatic N) is 1. The third kappa shape index (κ3) is 24.2. The molecule has 0 radical (unpaired) electrons. The molecule has 0 fully saturated rings. The predicted octanol–water partition coefficient (Wildman–Crippen LogP) is 3.60. The lowest BCUT2D eigenvalue weighted by Crippen LogP contribution is -2.15. The van der Waals surface area contributed by atoms with E-state index >= 15 is 0 Å². The first kappa shape index (κ1) is 37.6. The van der Waals surface area contributed by atoms with Crippen molar-refractivity contribution in [2.24, 2.45) is 0 Å². The van der Waals surface area contributed by atoms with Gasteiger partial charge in [-0.3, -0.25) is 14.9 Å². The second-order valence-corrected chi connectivity index (χ2v) is 8.92. The minimum atomic E-state index is -0.454. The van der Waals surface area contributed by atoms with Crippen molar-refractivity contribution in [1.29, 1.82) is 0 Å². The third-order valence-electron chi connectivity index (χ3n) is 5.50. The molecule has 13 nitrogen and oxygen atoms in total. The smallest absolute Gasteiger partial charge is 0.305 e. The van der Waals surface area contributed by atoms with E-state index in [1.165, 1.54) is 12.1 Å². The lowest BCUT2D eigenvalue weighted by molar-refractivity contribution is -0.384. The average molecular weight is 604 g/mol. The van der Waals surface area contributed by atoms with E-state index in [4.69, 9.17) is 42.6 Å². The predicted molar refractivity (Wildman–Crippen MR) is 154 cm³/mol. The van der Waals surface area contributed by atoms with Gasteiger partial charge in [-0.15, -0.1) is 0 Å². The summed E-state index contributed by atoms with van der Waals surface area (Å²) < 4.78 is 48.6. The second-order valence-electron chi connectivity index (χ2n) is 8.92. The minimum Gasteiger partial charge on any atom is -0.491 e. The highest BCUT2D eigenvalue weighted by Gasteiger charge is 2.04. The summed E-state index contributed by atoms with van der Waals surface area (Å²) in [6, 6.07) is 5.90. The zero-order valence-corrected chi connectivity index (χ0v) is 25.0. The maximum atomic E-state index is 11.5. The van der Waals surface area contributed by atoms with Crippen LogP contribution in [-0.4, -0.2) is 117 Å². The largest absolute Gasteiger partial charge is 0.491 e. The van der Waals surface area contributed by atoms with Gasteiger partial charge in [0.2, 0.25) is 0 Å². The van der Waals surface area contributed by atoms with Crippen molar-refractivity contribution in [3.05, 3.63) is 34.4 Å². The standard InChI is InChI=1S/C29H49NO12/c1-2-3-4-5-6-29(31)42-26-24-40-22-20-38-18-16-36-14-12-34-11-13-35-15-17-37-19-21-39-23-25-41-28-9-7-27(8-10-28)30(32)33/h7-10H,2-6,11-26H2,1H3. The number of non-ortho nitro benzene ring substituents is 1. The quantitative estimate of drug-likeness (QED) is 0.0529. The van der Waals surface area contributed by atoms with Crippen LogP contribution in [0.15, 0.2) is 24.3 Å². The average Bonchev–Trinajstić information content (AvgIpc) is 2.99. The van der Waals surface area contributed by atoms with E-state index in [1.54, 1.807) is 12.1 Å². The number of nitro benzene ring substituents is 1. The van der Waals surface area contributed by atoms with Gasteiger partial charge in [-0.2, -0.15) is 0 Å². The van der Waals surface area contributed by atoms with Crippen molar-refractivity contribution in [2.75, 3.05) is 106 Å². The van der Waals surface area contributed by atoms with E-state index in [-0.39, 0.29) is 18.3 Å². The van der Waals surface area contributed by atoms with Crippen LogP contribution in [0.5, 0.6) is 5.75 Å². The number of benzene rings is 1. The molecule has 42 heavy (non-hydrogen) atoms. The molecule has 1 aromatic carbocycles. The van der Waals surface area contributed by atoms with Crippen LogP contribution in [0, 0.1) is 10.1 Å². The SMILES string of the molecule is CCCCCCC(=O)OCCOCCOCCOCCOCCOCCOCCOCCOc1ccc([N+](=O)[O-])cc1. The van der Waals surface area contributed by atoms with Crippen LogP contribution in [0.2, 0.25) is 0 Å². The van der Waals surface area contributed by atoms with Gasteiger partial charge in [-0.05, 0) is 18.6 Å². The van der Waals surface area contributed by atoms with Gasteiger partial charge in [-0.1, -0.05) is 26.2 Å². The summed E-state index contributed by atoms with van der Waals surface area (Å²) in [5.74, 6) is 0.395. The molecule has 0 spiro atoms. The van der Waals surface area contributed by atoms with Gasteiger partial charge < -0.3 is 42.6 Å². The van der Waals surface area contributed by atoms with E-state index < -0.39 is 4.92 Å². The number of ether oxygens (including phenoxy) is 9. The summed E-state index contributed by atoms with van der Waals surface area (Å²) in [6.07, 6.45) is 4.73. The van der Waals surface area contributed by atoms with Gasteiger partial charge in [0.15, 0.2) is 0 Å². The highest BCUT2D eigenvalue weighted by atomic mass is 16.6. The fourth-order valence-corrected chi connectivity index (χ4v) is 3.29. The summed E-state index contributed by atoms with van der Waals surface area (Å²) in [6.45, 7) is 9.08. The van der Waals surface area contributed by atoms with Crippen molar-refractivity contribution in [3.8, 4) is 5.75 Å². The maximum Gasteiger partial charge on any atom is 0.305 e. The molecule has 0 saturated carbocycles. The van der Waals surface area contributed by atoms with E-state index in [0.717, 1.165) is 25.7 Å². The Balaban J connectivity index is 1.69. The Morgan fingerprint density at radius 1 is 0.595 bits per heavy atom.